The van der Waals surface area contributed by atoms with Gasteiger partial charge in [-0.1, -0.05) is 18.2 Å². The molecule has 72 valence electrons. The van der Waals surface area contributed by atoms with E-state index in [2.05, 4.69) is 4.98 Å². The van der Waals surface area contributed by atoms with Crippen molar-refractivity contribution in [2.75, 3.05) is 0 Å². The number of hydrogen-bond donors (Lipinski definition) is 0. The maximum absolute atomic E-state index is 10.9. The number of carbonyl (C=O) groups excluding carboxylic acids is 2. The molecule has 0 atom stereocenters. The van der Waals surface area contributed by atoms with Crippen molar-refractivity contribution >= 4 is 18.1 Å². The normalized spacial score (nSPS) is 10.4. The first-order valence-electron chi connectivity index (χ1n) is 4.31. The lowest BCUT2D eigenvalue weighted by Crippen LogP contribution is -1.95. The van der Waals surface area contributed by atoms with E-state index in [1.807, 2.05) is 0 Å². The summed E-state index contributed by atoms with van der Waals surface area (Å²) < 4.78 is 0. The molecule has 14 heavy (non-hydrogen) atoms. The van der Waals surface area contributed by atoms with Crippen molar-refractivity contribution in [3.8, 4) is 0 Å². The van der Waals surface area contributed by atoms with Crippen LogP contribution in [-0.2, 0) is 4.79 Å². The first-order chi connectivity index (χ1) is 6.74. The minimum absolute atomic E-state index is 0.0478. The van der Waals surface area contributed by atoms with E-state index in [4.69, 9.17) is 0 Å². The van der Waals surface area contributed by atoms with Gasteiger partial charge in [-0.3, -0.25) is 9.78 Å². The molecule has 0 aliphatic heterocycles. The third-order valence-electron chi connectivity index (χ3n) is 1.69. The molecule has 1 heterocycles. The van der Waals surface area contributed by atoms with Crippen LogP contribution in [0.3, 0.4) is 0 Å². The molecule has 0 spiro atoms. The zero-order valence-electron chi connectivity index (χ0n) is 7.93. The quantitative estimate of drug-likeness (QED) is 0.536. The molecule has 0 aliphatic rings. The number of ketones is 1. The van der Waals surface area contributed by atoms with Crippen molar-refractivity contribution in [2.24, 2.45) is 0 Å². The average molecular weight is 189 g/mol. The van der Waals surface area contributed by atoms with Gasteiger partial charge >= 0.3 is 0 Å². The number of hydrogen-bond acceptors (Lipinski definition) is 3. The van der Waals surface area contributed by atoms with Crippen LogP contribution in [0.2, 0.25) is 0 Å². The molecule has 0 aromatic carbocycles. The number of carbonyl (C=O) groups is 2. The maximum atomic E-state index is 10.9. The number of aromatic nitrogens is 1. The van der Waals surface area contributed by atoms with Crippen LogP contribution < -0.4 is 0 Å². The molecule has 0 amide bonds. The van der Waals surface area contributed by atoms with Crippen LogP contribution in [0.4, 0.5) is 0 Å². The lowest BCUT2D eigenvalue weighted by atomic mass is 10.2. The summed E-state index contributed by atoms with van der Waals surface area (Å²) in [5.41, 5.74) is 1.34. The summed E-state index contributed by atoms with van der Waals surface area (Å²) in [4.78, 5) is 24.9. The number of rotatable bonds is 4. The molecule has 1 aromatic heterocycles. The smallest absolute Gasteiger partial charge is 0.178 e. The fourth-order valence-electron chi connectivity index (χ4n) is 0.972. The van der Waals surface area contributed by atoms with Gasteiger partial charge in [-0.25, -0.2) is 0 Å². The van der Waals surface area contributed by atoms with Gasteiger partial charge in [-0.15, -0.1) is 0 Å². The van der Waals surface area contributed by atoms with Crippen LogP contribution in [0.5, 0.6) is 0 Å². The minimum Gasteiger partial charge on any atom is -0.303 e. The summed E-state index contributed by atoms with van der Waals surface area (Å²) >= 11 is 0. The summed E-state index contributed by atoms with van der Waals surface area (Å²) in [5, 5.41) is 0. The zero-order valence-corrected chi connectivity index (χ0v) is 7.93. The Hall–Kier alpha value is -1.77. The van der Waals surface area contributed by atoms with E-state index in [1.165, 1.54) is 6.92 Å². The van der Waals surface area contributed by atoms with E-state index in [9.17, 15) is 9.59 Å². The molecule has 3 nitrogen and oxygen atoms in total. The Morgan fingerprint density at radius 3 is 2.79 bits per heavy atom. The van der Waals surface area contributed by atoms with Crippen molar-refractivity contribution in [1.82, 2.24) is 4.98 Å². The Morgan fingerprint density at radius 2 is 2.29 bits per heavy atom. The third kappa shape index (κ3) is 2.94. The average Bonchev–Trinajstić information content (AvgIpc) is 2.19. The van der Waals surface area contributed by atoms with Crippen molar-refractivity contribution in [3.05, 3.63) is 35.7 Å². The summed E-state index contributed by atoms with van der Waals surface area (Å²) in [6.07, 6.45) is 6.38. The summed E-state index contributed by atoms with van der Waals surface area (Å²) in [5.74, 6) is -0.0478. The van der Waals surface area contributed by atoms with Gasteiger partial charge in [0, 0.05) is 19.5 Å². The van der Waals surface area contributed by atoms with Gasteiger partial charge in [-0.05, 0) is 11.6 Å². The highest BCUT2D eigenvalue weighted by atomic mass is 16.1. The predicted molar refractivity (Wildman–Crippen MR) is 54.0 cm³/mol. The second-order valence-corrected chi connectivity index (χ2v) is 2.84. The lowest BCUT2D eigenvalue weighted by Gasteiger charge is -1.95. The highest BCUT2D eigenvalue weighted by Crippen LogP contribution is 2.03. The van der Waals surface area contributed by atoms with Crippen molar-refractivity contribution < 1.29 is 9.59 Å². The predicted octanol–water partition coefficient (Wildman–Crippen LogP) is 1.89. The molecule has 1 rings (SSSR count). The van der Waals surface area contributed by atoms with Crippen molar-refractivity contribution in [2.45, 2.75) is 13.3 Å². The Bertz CT molecular complexity index is 352. The maximum Gasteiger partial charge on any atom is 0.178 e. The molecule has 0 saturated heterocycles. The number of nitrogens with zero attached hydrogens (tertiary/aromatic N) is 1. The Labute approximate surface area is 82.5 Å². The topological polar surface area (TPSA) is 47.0 Å². The van der Waals surface area contributed by atoms with E-state index < -0.39 is 0 Å². The van der Waals surface area contributed by atoms with Crippen molar-refractivity contribution in [3.63, 3.8) is 0 Å². The van der Waals surface area contributed by atoms with Crippen LogP contribution in [0.1, 0.15) is 29.4 Å². The molecule has 0 N–H and O–H groups in total. The van der Waals surface area contributed by atoms with Crippen LogP contribution >= 0.6 is 0 Å². The molecule has 0 radical (unpaired) electrons. The molecular formula is C11H11NO2. The Kier molecular flexibility index (Phi) is 3.73. The zero-order chi connectivity index (χ0) is 10.4. The molecule has 0 unspecified atom stereocenters. The standard InChI is InChI=1S/C11H11NO2/c1-9(14)11-6-5-10(8-12-11)4-2-3-7-13/h2,4-8H,3H2,1H3. The van der Waals surface area contributed by atoms with E-state index in [-0.39, 0.29) is 5.78 Å². The van der Waals surface area contributed by atoms with Crippen LogP contribution in [0, 0.1) is 0 Å². The fourth-order valence-corrected chi connectivity index (χ4v) is 0.972. The Morgan fingerprint density at radius 1 is 1.50 bits per heavy atom. The Balaban J connectivity index is 2.73. The molecule has 0 bridgehead atoms. The molecule has 0 fully saturated rings. The van der Waals surface area contributed by atoms with E-state index in [0.29, 0.717) is 12.1 Å². The number of Topliss-reactive ketones (excluding diaryl/α,β-unsaturated/α-hetero) is 1. The van der Waals surface area contributed by atoms with Gasteiger partial charge in [-0.2, -0.15) is 0 Å². The van der Waals surface area contributed by atoms with E-state index in [0.717, 1.165) is 11.8 Å². The second kappa shape index (κ2) is 5.07. The summed E-state index contributed by atoms with van der Waals surface area (Å²) in [6, 6.07) is 3.47. The lowest BCUT2D eigenvalue weighted by molar-refractivity contribution is -0.107. The van der Waals surface area contributed by atoms with Gasteiger partial charge in [0.1, 0.15) is 12.0 Å². The summed E-state index contributed by atoms with van der Waals surface area (Å²) in [6.45, 7) is 1.48. The number of pyridine rings is 1. The molecule has 0 aliphatic carbocycles. The largest absolute Gasteiger partial charge is 0.303 e. The number of allylic oxidation sites excluding steroid dienone is 1. The summed E-state index contributed by atoms with van der Waals surface area (Å²) in [7, 11) is 0. The van der Waals surface area contributed by atoms with Crippen LogP contribution in [0.15, 0.2) is 24.4 Å². The first kappa shape index (κ1) is 10.3. The molecule has 0 saturated carbocycles. The second-order valence-electron chi connectivity index (χ2n) is 2.84. The van der Waals surface area contributed by atoms with E-state index >= 15 is 0 Å². The van der Waals surface area contributed by atoms with Crippen LogP contribution in [0.25, 0.3) is 6.08 Å². The minimum atomic E-state index is -0.0478. The molecule has 3 heteroatoms. The van der Waals surface area contributed by atoms with Gasteiger partial charge < -0.3 is 4.79 Å². The highest BCUT2D eigenvalue weighted by Gasteiger charge is 1.98. The van der Waals surface area contributed by atoms with Gasteiger partial charge in [0.05, 0.1) is 0 Å². The van der Waals surface area contributed by atoms with E-state index in [1.54, 1.807) is 30.5 Å². The molecule has 1 aromatic rings. The molecular weight excluding hydrogens is 178 g/mol. The third-order valence-corrected chi connectivity index (χ3v) is 1.69. The van der Waals surface area contributed by atoms with Gasteiger partial charge in [0.2, 0.25) is 0 Å². The van der Waals surface area contributed by atoms with Gasteiger partial charge in [0.15, 0.2) is 5.78 Å². The van der Waals surface area contributed by atoms with Crippen molar-refractivity contribution in [1.29, 1.82) is 0 Å². The first-order valence-corrected chi connectivity index (χ1v) is 4.31. The van der Waals surface area contributed by atoms with Crippen LogP contribution in [-0.4, -0.2) is 17.1 Å². The monoisotopic (exact) mass is 189 g/mol. The SMILES string of the molecule is CC(=O)c1ccc(C=CCC=O)cn1. The van der Waals surface area contributed by atoms with Gasteiger partial charge in [0.25, 0.3) is 0 Å². The highest BCUT2D eigenvalue weighted by molar-refractivity contribution is 5.92. The number of aldehydes is 1. The fraction of sp³-hybridized carbons (Fsp3) is 0.182.